The number of carbonyl (C=O) groups is 2. The van der Waals surface area contributed by atoms with Crippen molar-refractivity contribution in [2.24, 2.45) is 0 Å². The summed E-state index contributed by atoms with van der Waals surface area (Å²) in [5.74, 6) is -0.394. The van der Waals surface area contributed by atoms with Crippen LogP contribution in [0.15, 0.2) is 18.2 Å². The van der Waals surface area contributed by atoms with Crippen LogP contribution < -0.4 is 10.6 Å². The van der Waals surface area contributed by atoms with Crippen LogP contribution in [-0.2, 0) is 9.47 Å². The van der Waals surface area contributed by atoms with Crippen molar-refractivity contribution in [2.75, 3.05) is 26.1 Å². The van der Waals surface area contributed by atoms with Gasteiger partial charge in [-0.3, -0.25) is 0 Å². The van der Waals surface area contributed by atoms with Crippen molar-refractivity contribution in [3.8, 4) is 0 Å². The molecule has 1 saturated carbocycles. The number of urea groups is 1. The Kier molecular flexibility index (Phi) is 5.60. The first kappa shape index (κ1) is 17.3. The smallest absolute Gasteiger partial charge is 0.337 e. The Labute approximate surface area is 136 Å². The van der Waals surface area contributed by atoms with Crippen LogP contribution in [0.2, 0.25) is 0 Å². The number of carbonyl (C=O) groups excluding carboxylic acids is 2. The minimum atomic E-state index is -0.394. The zero-order chi connectivity index (χ0) is 16.9. The predicted molar refractivity (Wildman–Crippen MR) is 87.7 cm³/mol. The van der Waals surface area contributed by atoms with Gasteiger partial charge in [-0.15, -0.1) is 0 Å². The fourth-order valence-corrected chi connectivity index (χ4v) is 3.08. The Morgan fingerprint density at radius 2 is 1.91 bits per heavy atom. The monoisotopic (exact) mass is 320 g/mol. The highest BCUT2D eigenvalue weighted by Gasteiger charge is 2.35. The number of amides is 2. The van der Waals surface area contributed by atoms with E-state index in [2.05, 4.69) is 15.4 Å². The Bertz CT molecular complexity index is 580. The second-order valence-corrected chi connectivity index (χ2v) is 6.02. The molecule has 2 N–H and O–H groups in total. The van der Waals surface area contributed by atoms with Gasteiger partial charge < -0.3 is 20.1 Å². The highest BCUT2D eigenvalue weighted by Crippen LogP contribution is 2.30. The Hall–Kier alpha value is -2.08. The molecule has 0 bridgehead atoms. The summed E-state index contributed by atoms with van der Waals surface area (Å²) in [5, 5.41) is 5.90. The number of rotatable bonds is 5. The molecule has 1 fully saturated rings. The summed E-state index contributed by atoms with van der Waals surface area (Å²) in [6.45, 7) is 2.35. The van der Waals surface area contributed by atoms with E-state index >= 15 is 0 Å². The SMILES string of the molecule is COCC1(NC(=O)Nc2ccc(C(=O)OC)cc2C)CCCC1. The first-order valence-electron chi connectivity index (χ1n) is 7.77. The molecule has 0 atom stereocenters. The third-order valence-electron chi connectivity index (χ3n) is 4.26. The predicted octanol–water partition coefficient (Wildman–Crippen LogP) is 2.86. The van der Waals surface area contributed by atoms with Gasteiger partial charge in [-0.1, -0.05) is 12.8 Å². The van der Waals surface area contributed by atoms with Gasteiger partial charge in [-0.25, -0.2) is 9.59 Å². The molecular formula is C17H24N2O4. The summed E-state index contributed by atoms with van der Waals surface area (Å²) in [7, 11) is 2.99. The summed E-state index contributed by atoms with van der Waals surface area (Å²) < 4.78 is 9.95. The lowest BCUT2D eigenvalue weighted by molar-refractivity contribution is 0.0600. The molecule has 1 aromatic rings. The summed E-state index contributed by atoms with van der Waals surface area (Å²) in [6.07, 6.45) is 4.04. The van der Waals surface area contributed by atoms with E-state index in [4.69, 9.17) is 4.74 Å². The van der Waals surface area contributed by atoms with Crippen LogP contribution in [0.5, 0.6) is 0 Å². The number of aryl methyl sites for hydroxylation is 1. The molecule has 0 saturated heterocycles. The highest BCUT2D eigenvalue weighted by molar-refractivity contribution is 5.93. The lowest BCUT2D eigenvalue weighted by atomic mass is 9.99. The standard InChI is InChI=1S/C17H24N2O4/c1-12-10-13(15(20)23-3)6-7-14(12)18-16(21)19-17(11-22-2)8-4-5-9-17/h6-7,10H,4-5,8-9,11H2,1-3H3,(H2,18,19,21). The van der Waals surface area contributed by atoms with Crippen LogP contribution >= 0.6 is 0 Å². The van der Waals surface area contributed by atoms with Gasteiger partial charge in [-0.2, -0.15) is 0 Å². The molecule has 6 nitrogen and oxygen atoms in total. The zero-order valence-corrected chi connectivity index (χ0v) is 13.9. The molecule has 0 radical (unpaired) electrons. The molecule has 0 aromatic heterocycles. The molecule has 1 aliphatic carbocycles. The summed E-state index contributed by atoms with van der Waals surface area (Å²) >= 11 is 0. The number of ether oxygens (including phenoxy) is 2. The van der Waals surface area contributed by atoms with Crippen LogP contribution in [0.3, 0.4) is 0 Å². The summed E-state index contributed by atoms with van der Waals surface area (Å²) in [5.41, 5.74) is 1.65. The largest absolute Gasteiger partial charge is 0.465 e. The zero-order valence-electron chi connectivity index (χ0n) is 13.9. The van der Waals surface area contributed by atoms with Crippen LogP contribution in [0.25, 0.3) is 0 Å². The van der Waals surface area contributed by atoms with Crippen molar-refractivity contribution >= 4 is 17.7 Å². The quantitative estimate of drug-likeness (QED) is 0.818. The molecule has 126 valence electrons. The van der Waals surface area contributed by atoms with E-state index in [-0.39, 0.29) is 11.6 Å². The van der Waals surface area contributed by atoms with Gasteiger partial charge in [0.25, 0.3) is 0 Å². The fraction of sp³-hybridized carbons (Fsp3) is 0.529. The molecule has 0 spiro atoms. The van der Waals surface area contributed by atoms with Crippen molar-refractivity contribution in [1.82, 2.24) is 5.32 Å². The van der Waals surface area contributed by atoms with Crippen molar-refractivity contribution in [3.05, 3.63) is 29.3 Å². The molecule has 0 heterocycles. The van der Waals surface area contributed by atoms with E-state index in [1.165, 1.54) is 7.11 Å². The van der Waals surface area contributed by atoms with Gasteiger partial charge in [0.05, 0.1) is 24.8 Å². The van der Waals surface area contributed by atoms with Crippen LogP contribution in [0.1, 0.15) is 41.6 Å². The Morgan fingerprint density at radius 3 is 2.48 bits per heavy atom. The lowest BCUT2D eigenvalue weighted by Crippen LogP contribution is -2.51. The second-order valence-electron chi connectivity index (χ2n) is 6.02. The Morgan fingerprint density at radius 1 is 1.22 bits per heavy atom. The number of methoxy groups -OCH3 is 2. The summed E-state index contributed by atoms with van der Waals surface area (Å²) in [4.78, 5) is 23.8. The topological polar surface area (TPSA) is 76.7 Å². The molecule has 1 aromatic carbocycles. The van der Waals surface area contributed by atoms with Gasteiger partial charge in [-0.05, 0) is 43.5 Å². The van der Waals surface area contributed by atoms with E-state index < -0.39 is 5.97 Å². The maximum atomic E-state index is 12.3. The lowest BCUT2D eigenvalue weighted by Gasteiger charge is -2.29. The number of anilines is 1. The van der Waals surface area contributed by atoms with Crippen molar-refractivity contribution < 1.29 is 19.1 Å². The molecular weight excluding hydrogens is 296 g/mol. The van der Waals surface area contributed by atoms with Crippen molar-refractivity contribution in [2.45, 2.75) is 38.1 Å². The maximum Gasteiger partial charge on any atom is 0.337 e. The minimum Gasteiger partial charge on any atom is -0.465 e. The van der Waals surface area contributed by atoms with E-state index in [1.807, 2.05) is 6.92 Å². The first-order chi connectivity index (χ1) is 11.0. The van der Waals surface area contributed by atoms with Crippen LogP contribution in [0, 0.1) is 6.92 Å². The number of benzene rings is 1. The number of hydrogen-bond acceptors (Lipinski definition) is 4. The van der Waals surface area contributed by atoms with Crippen molar-refractivity contribution in [3.63, 3.8) is 0 Å². The molecule has 2 amide bonds. The minimum absolute atomic E-state index is 0.252. The third-order valence-corrected chi connectivity index (χ3v) is 4.26. The van der Waals surface area contributed by atoms with E-state index in [9.17, 15) is 9.59 Å². The van der Waals surface area contributed by atoms with Gasteiger partial charge in [0.2, 0.25) is 0 Å². The van der Waals surface area contributed by atoms with Crippen LogP contribution in [-0.4, -0.2) is 38.4 Å². The fourth-order valence-electron chi connectivity index (χ4n) is 3.08. The van der Waals surface area contributed by atoms with Gasteiger partial charge in [0.15, 0.2) is 0 Å². The molecule has 1 aliphatic rings. The van der Waals surface area contributed by atoms with Gasteiger partial charge in [0.1, 0.15) is 0 Å². The van der Waals surface area contributed by atoms with Gasteiger partial charge >= 0.3 is 12.0 Å². The normalized spacial score (nSPS) is 16.0. The first-order valence-corrected chi connectivity index (χ1v) is 7.77. The van der Waals surface area contributed by atoms with Gasteiger partial charge in [0, 0.05) is 12.8 Å². The van der Waals surface area contributed by atoms with Crippen molar-refractivity contribution in [1.29, 1.82) is 0 Å². The van der Waals surface area contributed by atoms with E-state index in [1.54, 1.807) is 25.3 Å². The maximum absolute atomic E-state index is 12.3. The molecule has 0 unspecified atom stereocenters. The second kappa shape index (κ2) is 7.46. The third kappa shape index (κ3) is 4.22. The number of nitrogens with one attached hydrogen (secondary N) is 2. The summed E-state index contributed by atoms with van der Waals surface area (Å²) in [6, 6.07) is 4.79. The molecule has 23 heavy (non-hydrogen) atoms. The van der Waals surface area contributed by atoms with E-state index in [0.717, 1.165) is 31.2 Å². The van der Waals surface area contributed by atoms with E-state index in [0.29, 0.717) is 17.9 Å². The number of hydrogen-bond donors (Lipinski definition) is 2. The Balaban J connectivity index is 2.04. The molecule has 0 aliphatic heterocycles. The highest BCUT2D eigenvalue weighted by atomic mass is 16.5. The molecule has 6 heteroatoms. The van der Waals surface area contributed by atoms with Crippen LogP contribution in [0.4, 0.5) is 10.5 Å². The molecule has 2 rings (SSSR count). The average molecular weight is 320 g/mol. The number of esters is 1. The average Bonchev–Trinajstić information content (AvgIpc) is 2.97.